The van der Waals surface area contributed by atoms with E-state index in [2.05, 4.69) is 5.32 Å². The molecule has 0 fully saturated rings. The van der Waals surface area contributed by atoms with Crippen LogP contribution in [-0.4, -0.2) is 37.7 Å². The minimum Gasteiger partial charge on any atom is -0.483 e. The molecular weight excluding hydrogens is 417 g/mol. The molecule has 0 atom stereocenters. The summed E-state index contributed by atoms with van der Waals surface area (Å²) in [5.41, 5.74) is 0.519. The summed E-state index contributed by atoms with van der Waals surface area (Å²) in [7, 11) is 0. The van der Waals surface area contributed by atoms with Crippen molar-refractivity contribution in [3.8, 4) is 5.75 Å². The average Bonchev–Trinajstić information content (AvgIpc) is 2.82. The fourth-order valence-electron chi connectivity index (χ4n) is 2.66. The second-order valence-corrected chi connectivity index (χ2v) is 6.45. The Morgan fingerprint density at radius 1 is 0.750 bits per heavy atom. The van der Waals surface area contributed by atoms with Crippen molar-refractivity contribution in [2.75, 3.05) is 25.1 Å². The minimum atomic E-state index is -0.703. The van der Waals surface area contributed by atoms with E-state index >= 15 is 0 Å². The van der Waals surface area contributed by atoms with Crippen molar-refractivity contribution in [3.05, 3.63) is 95.8 Å². The monoisotopic (exact) mass is 437 g/mol. The Morgan fingerprint density at radius 3 is 2.12 bits per heavy atom. The number of benzene rings is 3. The predicted molar refractivity (Wildman–Crippen MR) is 114 cm³/mol. The molecule has 3 aromatic carbocycles. The third kappa shape index (κ3) is 6.40. The summed E-state index contributed by atoms with van der Waals surface area (Å²) in [6, 6.07) is 20.4. The van der Waals surface area contributed by atoms with Crippen molar-refractivity contribution in [1.29, 1.82) is 0 Å². The lowest BCUT2D eigenvalue weighted by molar-refractivity contribution is -0.118. The lowest BCUT2D eigenvalue weighted by Gasteiger charge is -2.12. The van der Waals surface area contributed by atoms with E-state index in [1.165, 1.54) is 30.3 Å². The Morgan fingerprint density at radius 2 is 1.38 bits per heavy atom. The van der Waals surface area contributed by atoms with Gasteiger partial charge in [0.15, 0.2) is 6.61 Å². The summed E-state index contributed by atoms with van der Waals surface area (Å²) < 4.78 is 29.2. The predicted octanol–water partition coefficient (Wildman–Crippen LogP) is 3.86. The first-order chi connectivity index (χ1) is 15.5. The van der Waals surface area contributed by atoms with Crippen molar-refractivity contribution in [3.63, 3.8) is 0 Å². The molecule has 0 heterocycles. The molecule has 32 heavy (non-hydrogen) atoms. The number of halogens is 1. The highest BCUT2D eigenvalue weighted by Crippen LogP contribution is 2.19. The standard InChI is InChI=1S/C24H20FNO6/c25-19-11-5-6-12-20(19)26-22(27)16-32-21-13-7-4-10-18(21)24(29)31-15-14-30-23(28)17-8-2-1-3-9-17/h1-13H,14-16H2,(H,26,27). The number of esters is 2. The molecule has 0 bridgehead atoms. The molecule has 0 aliphatic carbocycles. The van der Waals surface area contributed by atoms with Crippen LogP contribution in [0.4, 0.5) is 10.1 Å². The van der Waals surface area contributed by atoms with E-state index in [0.717, 1.165) is 0 Å². The van der Waals surface area contributed by atoms with Gasteiger partial charge in [0.1, 0.15) is 30.3 Å². The number of hydrogen-bond acceptors (Lipinski definition) is 6. The van der Waals surface area contributed by atoms with Crippen LogP contribution in [0.15, 0.2) is 78.9 Å². The van der Waals surface area contributed by atoms with Gasteiger partial charge in [0.25, 0.3) is 5.91 Å². The molecule has 3 rings (SSSR count). The van der Waals surface area contributed by atoms with Gasteiger partial charge in [-0.3, -0.25) is 4.79 Å². The normalized spacial score (nSPS) is 10.2. The SMILES string of the molecule is O=C(COc1ccccc1C(=O)OCCOC(=O)c1ccccc1)Nc1ccccc1F. The first-order valence-electron chi connectivity index (χ1n) is 9.70. The molecule has 0 aliphatic heterocycles. The number of rotatable bonds is 9. The number of para-hydroxylation sites is 2. The molecule has 164 valence electrons. The molecule has 1 N–H and O–H groups in total. The van der Waals surface area contributed by atoms with Gasteiger partial charge in [-0.15, -0.1) is 0 Å². The number of carbonyl (C=O) groups excluding carboxylic acids is 3. The first kappa shape index (κ1) is 22.5. The summed E-state index contributed by atoms with van der Waals surface area (Å²) in [6.07, 6.45) is 0. The van der Waals surface area contributed by atoms with Crippen LogP contribution in [0.5, 0.6) is 5.75 Å². The fraction of sp³-hybridized carbons (Fsp3) is 0.125. The van der Waals surface area contributed by atoms with Crippen LogP contribution >= 0.6 is 0 Å². The van der Waals surface area contributed by atoms with Gasteiger partial charge in [0.05, 0.1) is 11.3 Å². The van der Waals surface area contributed by atoms with Crippen molar-refractivity contribution < 1.29 is 33.0 Å². The van der Waals surface area contributed by atoms with Gasteiger partial charge >= 0.3 is 11.9 Å². The molecule has 7 nitrogen and oxygen atoms in total. The summed E-state index contributed by atoms with van der Waals surface area (Å²) in [4.78, 5) is 36.3. The summed E-state index contributed by atoms with van der Waals surface area (Å²) >= 11 is 0. The van der Waals surface area contributed by atoms with Crippen molar-refractivity contribution >= 4 is 23.5 Å². The van der Waals surface area contributed by atoms with Crippen molar-refractivity contribution in [2.24, 2.45) is 0 Å². The van der Waals surface area contributed by atoms with Gasteiger partial charge in [-0.1, -0.05) is 42.5 Å². The summed E-state index contributed by atoms with van der Waals surface area (Å²) in [5, 5.41) is 2.39. The largest absolute Gasteiger partial charge is 0.483 e. The smallest absolute Gasteiger partial charge is 0.342 e. The number of hydrogen-bond donors (Lipinski definition) is 1. The summed E-state index contributed by atoms with van der Waals surface area (Å²) in [6.45, 7) is -0.708. The average molecular weight is 437 g/mol. The van der Waals surface area contributed by atoms with Crippen molar-refractivity contribution in [2.45, 2.75) is 0 Å². The third-order valence-corrected chi connectivity index (χ3v) is 4.17. The molecule has 0 aliphatic rings. The van der Waals surface area contributed by atoms with Gasteiger partial charge in [-0.25, -0.2) is 14.0 Å². The molecular formula is C24H20FNO6. The van der Waals surface area contributed by atoms with Crippen LogP contribution in [-0.2, 0) is 14.3 Å². The van der Waals surface area contributed by atoms with Gasteiger partial charge in [0.2, 0.25) is 0 Å². The van der Waals surface area contributed by atoms with E-state index < -0.39 is 30.3 Å². The van der Waals surface area contributed by atoms with Crippen LogP contribution < -0.4 is 10.1 Å². The van der Waals surface area contributed by atoms with Gasteiger partial charge < -0.3 is 19.5 Å². The number of carbonyl (C=O) groups is 3. The molecule has 0 aromatic heterocycles. The Bertz CT molecular complexity index is 1090. The van der Waals surface area contributed by atoms with E-state index in [0.29, 0.717) is 5.56 Å². The molecule has 0 radical (unpaired) electrons. The van der Waals surface area contributed by atoms with Crippen LogP contribution in [0.3, 0.4) is 0 Å². The minimum absolute atomic E-state index is 0.0267. The lowest BCUT2D eigenvalue weighted by Crippen LogP contribution is -2.21. The van der Waals surface area contributed by atoms with E-state index in [1.54, 1.807) is 48.5 Å². The highest BCUT2D eigenvalue weighted by Gasteiger charge is 2.16. The Kier molecular flexibility index (Phi) is 7.91. The van der Waals surface area contributed by atoms with Crippen molar-refractivity contribution in [1.82, 2.24) is 0 Å². The lowest BCUT2D eigenvalue weighted by atomic mass is 10.2. The second kappa shape index (κ2) is 11.3. The molecule has 3 aromatic rings. The topological polar surface area (TPSA) is 90.9 Å². The Balaban J connectivity index is 1.48. The number of ether oxygens (including phenoxy) is 3. The molecule has 0 saturated heterocycles. The molecule has 0 unspecified atom stereocenters. The zero-order valence-corrected chi connectivity index (χ0v) is 17.0. The van der Waals surface area contributed by atoms with Crippen LogP contribution in [0, 0.1) is 5.82 Å². The molecule has 8 heteroatoms. The Hall–Kier alpha value is -4.20. The van der Waals surface area contributed by atoms with Gasteiger partial charge in [-0.05, 0) is 36.4 Å². The quantitative estimate of drug-likeness (QED) is 0.404. The van der Waals surface area contributed by atoms with E-state index in [-0.39, 0.29) is 30.2 Å². The van der Waals surface area contributed by atoms with Gasteiger partial charge in [0, 0.05) is 0 Å². The highest BCUT2D eigenvalue weighted by atomic mass is 19.1. The van der Waals surface area contributed by atoms with Crippen LogP contribution in [0.2, 0.25) is 0 Å². The number of amides is 1. The molecule has 1 amide bonds. The van der Waals surface area contributed by atoms with E-state index in [1.807, 2.05) is 0 Å². The zero-order valence-electron chi connectivity index (χ0n) is 17.0. The van der Waals surface area contributed by atoms with E-state index in [9.17, 15) is 18.8 Å². The number of nitrogens with one attached hydrogen (secondary N) is 1. The maximum Gasteiger partial charge on any atom is 0.342 e. The zero-order chi connectivity index (χ0) is 22.8. The maximum absolute atomic E-state index is 13.6. The fourth-order valence-corrected chi connectivity index (χ4v) is 2.66. The second-order valence-electron chi connectivity index (χ2n) is 6.45. The van der Waals surface area contributed by atoms with Crippen LogP contribution in [0.25, 0.3) is 0 Å². The highest BCUT2D eigenvalue weighted by molar-refractivity contribution is 5.94. The van der Waals surface area contributed by atoms with Gasteiger partial charge in [-0.2, -0.15) is 0 Å². The Labute approximate surface area is 183 Å². The van der Waals surface area contributed by atoms with Crippen LogP contribution in [0.1, 0.15) is 20.7 Å². The van der Waals surface area contributed by atoms with E-state index in [4.69, 9.17) is 14.2 Å². The first-order valence-corrected chi connectivity index (χ1v) is 9.70. The molecule has 0 spiro atoms. The molecule has 0 saturated carbocycles. The maximum atomic E-state index is 13.6. The number of anilines is 1. The third-order valence-electron chi connectivity index (χ3n) is 4.17. The summed E-state index contributed by atoms with van der Waals surface area (Å²) in [5.74, 6) is -2.26.